The number of hydrogen-bond donors (Lipinski definition) is 0. The van der Waals surface area contributed by atoms with Crippen LogP contribution in [-0.4, -0.2) is 10.2 Å². The fourth-order valence-electron chi connectivity index (χ4n) is 1.99. The second-order valence-corrected chi connectivity index (χ2v) is 7.09. The second-order valence-electron chi connectivity index (χ2n) is 4.55. The predicted octanol–water partition coefficient (Wildman–Crippen LogP) is 5.40. The second kappa shape index (κ2) is 6.42. The Balaban J connectivity index is 1.91. The highest BCUT2D eigenvalue weighted by atomic mass is 35.5. The maximum Gasteiger partial charge on any atom is 0.270 e. The molecule has 0 spiro atoms. The summed E-state index contributed by atoms with van der Waals surface area (Å²) in [5, 5.41) is 1.27. The highest BCUT2D eigenvalue weighted by molar-refractivity contribution is 8.27. The van der Waals surface area contributed by atoms with Crippen LogP contribution in [0.3, 0.4) is 0 Å². The molecule has 1 saturated heterocycles. The van der Waals surface area contributed by atoms with E-state index in [2.05, 4.69) is 0 Å². The highest BCUT2D eigenvalue weighted by Crippen LogP contribution is 2.36. The van der Waals surface area contributed by atoms with Gasteiger partial charge >= 0.3 is 0 Å². The van der Waals surface area contributed by atoms with E-state index in [-0.39, 0.29) is 5.91 Å². The maximum absolute atomic E-state index is 12.6. The largest absolute Gasteiger partial charge is 0.270 e. The predicted molar refractivity (Wildman–Crippen MR) is 98.6 cm³/mol. The van der Waals surface area contributed by atoms with E-state index < -0.39 is 0 Å². The Hall–Kier alpha value is -1.33. The molecule has 0 bridgehead atoms. The zero-order valence-electron chi connectivity index (χ0n) is 11.1. The van der Waals surface area contributed by atoms with Gasteiger partial charge in [-0.05, 0) is 48.0 Å². The molecule has 0 radical (unpaired) electrons. The molecule has 1 aliphatic heterocycles. The summed E-state index contributed by atoms with van der Waals surface area (Å²) in [4.78, 5) is 14.7. The van der Waals surface area contributed by atoms with E-state index >= 15 is 0 Å². The van der Waals surface area contributed by atoms with Crippen molar-refractivity contribution in [2.45, 2.75) is 0 Å². The minimum atomic E-state index is -0.132. The number of anilines is 1. The number of benzene rings is 2. The van der Waals surface area contributed by atoms with Crippen molar-refractivity contribution in [1.29, 1.82) is 0 Å². The van der Waals surface area contributed by atoms with Crippen molar-refractivity contribution in [1.82, 2.24) is 0 Å². The van der Waals surface area contributed by atoms with E-state index in [1.807, 2.05) is 18.2 Å². The standard InChI is InChI=1S/C16H9Cl2NOS2/c17-11-3-1-10(2-4-11)9-14-15(20)19(16(21)22-14)13-7-5-12(18)6-8-13/h1-9H. The van der Waals surface area contributed by atoms with Gasteiger partial charge in [0, 0.05) is 10.0 Å². The summed E-state index contributed by atoms with van der Waals surface area (Å²) in [6.45, 7) is 0. The van der Waals surface area contributed by atoms with Crippen LogP contribution >= 0.6 is 47.2 Å². The number of carbonyl (C=O) groups excluding carboxylic acids is 1. The first-order valence-corrected chi connectivity index (χ1v) is 8.32. The van der Waals surface area contributed by atoms with Crippen LogP contribution in [0.2, 0.25) is 10.0 Å². The summed E-state index contributed by atoms with van der Waals surface area (Å²) < 4.78 is 0.507. The highest BCUT2D eigenvalue weighted by Gasteiger charge is 2.33. The Morgan fingerprint density at radius 3 is 2.09 bits per heavy atom. The number of thiocarbonyl (C=S) groups is 1. The lowest BCUT2D eigenvalue weighted by molar-refractivity contribution is -0.113. The Morgan fingerprint density at radius 2 is 1.50 bits per heavy atom. The molecule has 0 saturated carbocycles. The molecule has 110 valence electrons. The molecule has 1 fully saturated rings. The quantitative estimate of drug-likeness (QED) is 0.524. The van der Waals surface area contributed by atoms with Crippen LogP contribution in [0.1, 0.15) is 5.56 Å². The van der Waals surface area contributed by atoms with Crippen molar-refractivity contribution < 1.29 is 4.79 Å². The van der Waals surface area contributed by atoms with Crippen LogP contribution in [0.25, 0.3) is 6.08 Å². The van der Waals surface area contributed by atoms with Gasteiger partial charge in [-0.2, -0.15) is 0 Å². The van der Waals surface area contributed by atoms with E-state index in [9.17, 15) is 4.79 Å². The first-order chi connectivity index (χ1) is 10.5. The van der Waals surface area contributed by atoms with Crippen molar-refractivity contribution in [3.05, 3.63) is 69.0 Å². The van der Waals surface area contributed by atoms with Crippen LogP contribution in [0.15, 0.2) is 53.4 Å². The van der Waals surface area contributed by atoms with Gasteiger partial charge in [-0.3, -0.25) is 9.69 Å². The van der Waals surface area contributed by atoms with Gasteiger partial charge in [0.15, 0.2) is 4.32 Å². The fraction of sp³-hybridized carbons (Fsp3) is 0. The van der Waals surface area contributed by atoms with Crippen LogP contribution in [0.5, 0.6) is 0 Å². The van der Waals surface area contributed by atoms with Gasteiger partial charge in [0.05, 0.1) is 10.6 Å². The number of amides is 1. The SMILES string of the molecule is O=C1C(=Cc2ccc(Cl)cc2)SC(=S)N1c1ccc(Cl)cc1. The average molecular weight is 366 g/mol. The Morgan fingerprint density at radius 1 is 0.955 bits per heavy atom. The Bertz CT molecular complexity index is 770. The zero-order chi connectivity index (χ0) is 15.7. The topological polar surface area (TPSA) is 20.3 Å². The van der Waals surface area contributed by atoms with Crippen LogP contribution in [0.4, 0.5) is 5.69 Å². The number of thioether (sulfide) groups is 1. The molecule has 0 atom stereocenters. The molecule has 3 rings (SSSR count). The van der Waals surface area contributed by atoms with Crippen molar-refractivity contribution in [2.24, 2.45) is 0 Å². The minimum Gasteiger partial charge on any atom is -0.268 e. The monoisotopic (exact) mass is 365 g/mol. The summed E-state index contributed by atoms with van der Waals surface area (Å²) in [6.07, 6.45) is 1.81. The molecule has 0 unspecified atom stereocenters. The van der Waals surface area contributed by atoms with E-state index in [1.165, 1.54) is 16.7 Å². The van der Waals surface area contributed by atoms with Crippen LogP contribution in [0, 0.1) is 0 Å². The molecule has 0 aliphatic carbocycles. The smallest absolute Gasteiger partial charge is 0.268 e. The van der Waals surface area contributed by atoms with Crippen molar-refractivity contribution in [2.75, 3.05) is 4.90 Å². The molecule has 2 nitrogen and oxygen atoms in total. The lowest BCUT2D eigenvalue weighted by Gasteiger charge is -2.14. The minimum absolute atomic E-state index is 0.132. The summed E-state index contributed by atoms with van der Waals surface area (Å²) >= 11 is 18.3. The molecule has 1 heterocycles. The van der Waals surface area contributed by atoms with E-state index in [4.69, 9.17) is 35.4 Å². The van der Waals surface area contributed by atoms with Gasteiger partial charge in [-0.25, -0.2) is 0 Å². The summed E-state index contributed by atoms with van der Waals surface area (Å²) in [5.41, 5.74) is 1.62. The lowest BCUT2D eigenvalue weighted by Crippen LogP contribution is -2.27. The molecule has 0 aromatic heterocycles. The molecule has 0 N–H and O–H groups in total. The third-order valence-electron chi connectivity index (χ3n) is 3.05. The molecule has 2 aromatic rings. The van der Waals surface area contributed by atoms with E-state index in [0.717, 1.165) is 5.56 Å². The third kappa shape index (κ3) is 3.20. The van der Waals surface area contributed by atoms with Crippen molar-refractivity contribution in [3.8, 4) is 0 Å². The molecule has 1 amide bonds. The number of nitrogens with zero attached hydrogens (tertiary/aromatic N) is 1. The Labute approximate surface area is 147 Å². The molecular weight excluding hydrogens is 357 g/mol. The summed E-state index contributed by atoms with van der Waals surface area (Å²) in [6, 6.07) is 14.3. The van der Waals surface area contributed by atoms with Gasteiger partial charge < -0.3 is 0 Å². The average Bonchev–Trinajstić information content (AvgIpc) is 2.77. The number of rotatable bonds is 2. The molecule has 6 heteroatoms. The first kappa shape index (κ1) is 15.6. The summed E-state index contributed by atoms with van der Waals surface area (Å²) in [7, 11) is 0. The van der Waals surface area contributed by atoms with Gasteiger partial charge in [-0.1, -0.05) is 59.3 Å². The van der Waals surface area contributed by atoms with Gasteiger partial charge in [0.1, 0.15) is 0 Å². The summed E-state index contributed by atoms with van der Waals surface area (Å²) in [5.74, 6) is -0.132. The van der Waals surface area contributed by atoms with E-state index in [1.54, 1.807) is 36.4 Å². The van der Waals surface area contributed by atoms with E-state index in [0.29, 0.717) is 25.0 Å². The van der Waals surface area contributed by atoms with Crippen LogP contribution in [-0.2, 0) is 4.79 Å². The van der Waals surface area contributed by atoms with Crippen molar-refractivity contribution >= 4 is 69.2 Å². The normalized spacial score (nSPS) is 16.6. The number of hydrogen-bond acceptors (Lipinski definition) is 3. The van der Waals surface area contributed by atoms with Crippen LogP contribution < -0.4 is 4.90 Å². The molecular formula is C16H9Cl2NOS2. The molecule has 1 aliphatic rings. The number of carbonyl (C=O) groups is 1. The lowest BCUT2D eigenvalue weighted by atomic mass is 10.2. The zero-order valence-corrected chi connectivity index (χ0v) is 14.3. The van der Waals surface area contributed by atoms with Gasteiger partial charge in [-0.15, -0.1) is 0 Å². The fourth-order valence-corrected chi connectivity index (χ4v) is 3.54. The molecule has 22 heavy (non-hydrogen) atoms. The Kier molecular flexibility index (Phi) is 4.54. The first-order valence-electron chi connectivity index (χ1n) is 6.34. The van der Waals surface area contributed by atoms with Gasteiger partial charge in [0.2, 0.25) is 0 Å². The number of halogens is 2. The third-order valence-corrected chi connectivity index (χ3v) is 4.85. The molecule has 2 aromatic carbocycles. The van der Waals surface area contributed by atoms with Gasteiger partial charge in [0.25, 0.3) is 5.91 Å². The van der Waals surface area contributed by atoms with Crippen molar-refractivity contribution in [3.63, 3.8) is 0 Å². The maximum atomic E-state index is 12.6.